The van der Waals surface area contributed by atoms with E-state index in [2.05, 4.69) is 20.6 Å². The third-order valence-corrected chi connectivity index (χ3v) is 5.18. The Balaban J connectivity index is 0.000000878. The van der Waals surface area contributed by atoms with Gasteiger partial charge in [0.25, 0.3) is 12.4 Å². The first-order chi connectivity index (χ1) is 13.3. The standard InChI is InChI=1S/C14H18N6O4S.CH2O2/c1-19(25(2,22)23)11-5-3-10(4-6-11)14(21)20-7-8-24-12(9-20)13-15-17-18-16-13;2-1-3/h3-6,12H,7-9H2,1-2H3,(H,15,16,17,18);1H,(H,2,3). The molecule has 0 spiro atoms. The summed E-state index contributed by atoms with van der Waals surface area (Å²) >= 11 is 0. The van der Waals surface area contributed by atoms with Gasteiger partial charge in [0.05, 0.1) is 25.1 Å². The Hall–Kier alpha value is -3.06. The fourth-order valence-corrected chi connectivity index (χ4v) is 2.99. The molecule has 1 saturated heterocycles. The van der Waals surface area contributed by atoms with Crippen LogP contribution in [0.5, 0.6) is 0 Å². The highest BCUT2D eigenvalue weighted by Crippen LogP contribution is 2.21. The molecule has 1 aliphatic heterocycles. The zero-order chi connectivity index (χ0) is 20.7. The minimum absolute atomic E-state index is 0.162. The number of hydrogen-bond donors (Lipinski definition) is 2. The second kappa shape index (κ2) is 9.23. The number of carbonyl (C=O) groups excluding carboxylic acids is 1. The third kappa shape index (κ3) is 5.23. The number of aromatic amines is 1. The molecule has 1 fully saturated rings. The van der Waals surface area contributed by atoms with E-state index in [4.69, 9.17) is 14.6 Å². The monoisotopic (exact) mass is 412 g/mol. The average molecular weight is 412 g/mol. The van der Waals surface area contributed by atoms with Crippen LogP contribution in [0, 0.1) is 0 Å². The van der Waals surface area contributed by atoms with Crippen molar-refractivity contribution in [1.82, 2.24) is 25.5 Å². The van der Waals surface area contributed by atoms with Gasteiger partial charge in [-0.2, -0.15) is 5.21 Å². The lowest BCUT2D eigenvalue weighted by Crippen LogP contribution is -2.42. The normalized spacial score (nSPS) is 16.6. The molecule has 13 heteroatoms. The van der Waals surface area contributed by atoms with Crippen LogP contribution in [-0.4, -0.2) is 84.4 Å². The molecular weight excluding hydrogens is 392 g/mol. The van der Waals surface area contributed by atoms with Gasteiger partial charge in [-0.3, -0.25) is 13.9 Å². The van der Waals surface area contributed by atoms with Gasteiger partial charge in [0, 0.05) is 19.2 Å². The Morgan fingerprint density at radius 3 is 2.57 bits per heavy atom. The van der Waals surface area contributed by atoms with Crippen molar-refractivity contribution in [3.8, 4) is 0 Å². The summed E-state index contributed by atoms with van der Waals surface area (Å²) < 4.78 is 29.9. The van der Waals surface area contributed by atoms with E-state index in [1.54, 1.807) is 29.2 Å². The van der Waals surface area contributed by atoms with Crippen molar-refractivity contribution in [3.05, 3.63) is 35.7 Å². The number of carboxylic acid groups (broad SMARTS) is 1. The SMILES string of the molecule is CN(c1ccc(C(=O)N2CCOC(c3nn[nH]n3)C2)cc1)S(C)(=O)=O.O=CO. The first kappa shape index (κ1) is 21.2. The van der Waals surface area contributed by atoms with Gasteiger partial charge in [-0.25, -0.2) is 8.42 Å². The number of hydrogen-bond acceptors (Lipinski definition) is 8. The number of tetrazole rings is 1. The number of nitrogens with one attached hydrogen (secondary N) is 1. The zero-order valence-corrected chi connectivity index (χ0v) is 16.0. The Bertz CT molecular complexity index is 886. The molecule has 3 rings (SSSR count). The maximum atomic E-state index is 12.7. The van der Waals surface area contributed by atoms with Gasteiger partial charge < -0.3 is 14.7 Å². The summed E-state index contributed by atoms with van der Waals surface area (Å²) in [6.07, 6.45) is 0.699. The molecule has 0 saturated carbocycles. The van der Waals surface area contributed by atoms with Gasteiger partial charge in [-0.15, -0.1) is 10.2 Å². The number of H-pyrrole nitrogens is 1. The summed E-state index contributed by atoms with van der Waals surface area (Å²) in [5.41, 5.74) is 0.963. The average Bonchev–Trinajstić information content (AvgIpc) is 3.22. The minimum Gasteiger partial charge on any atom is -0.483 e. The minimum atomic E-state index is -3.34. The number of aromatic nitrogens is 4. The van der Waals surface area contributed by atoms with Gasteiger partial charge in [0.1, 0.15) is 6.10 Å². The summed E-state index contributed by atoms with van der Waals surface area (Å²) in [5.74, 6) is 0.243. The van der Waals surface area contributed by atoms with E-state index in [0.29, 0.717) is 36.8 Å². The lowest BCUT2D eigenvalue weighted by molar-refractivity contribution is -0.122. The molecule has 1 aromatic carbocycles. The molecule has 1 atom stereocenters. The fourth-order valence-electron chi connectivity index (χ4n) is 2.48. The number of nitrogens with zero attached hydrogens (tertiary/aromatic N) is 5. The molecule has 0 bridgehead atoms. The molecule has 1 unspecified atom stereocenters. The van der Waals surface area contributed by atoms with Gasteiger partial charge in [-0.1, -0.05) is 5.21 Å². The lowest BCUT2D eigenvalue weighted by atomic mass is 10.1. The molecule has 12 nitrogen and oxygen atoms in total. The van der Waals surface area contributed by atoms with Gasteiger partial charge in [0.2, 0.25) is 15.8 Å². The van der Waals surface area contributed by atoms with Crippen LogP contribution in [0.3, 0.4) is 0 Å². The van der Waals surface area contributed by atoms with Gasteiger partial charge in [0.15, 0.2) is 0 Å². The summed E-state index contributed by atoms with van der Waals surface area (Å²) in [5, 5.41) is 20.5. The summed E-state index contributed by atoms with van der Waals surface area (Å²) in [6.45, 7) is 0.904. The van der Waals surface area contributed by atoms with Crippen molar-refractivity contribution in [3.63, 3.8) is 0 Å². The number of carbonyl (C=O) groups is 2. The van der Waals surface area contributed by atoms with Crippen LogP contribution in [0.25, 0.3) is 0 Å². The van der Waals surface area contributed by atoms with Crippen molar-refractivity contribution in [2.75, 3.05) is 37.3 Å². The second-order valence-electron chi connectivity index (χ2n) is 5.76. The quantitative estimate of drug-likeness (QED) is 0.632. The maximum Gasteiger partial charge on any atom is 0.290 e. The van der Waals surface area contributed by atoms with Crippen LogP contribution in [0.1, 0.15) is 22.3 Å². The number of anilines is 1. The largest absolute Gasteiger partial charge is 0.483 e. The Morgan fingerprint density at radius 1 is 1.39 bits per heavy atom. The number of ether oxygens (including phenoxy) is 1. The fraction of sp³-hybridized carbons (Fsp3) is 0.400. The molecule has 1 aromatic heterocycles. The Kier molecular flexibility index (Phi) is 7.00. The molecule has 152 valence electrons. The highest BCUT2D eigenvalue weighted by atomic mass is 32.2. The van der Waals surface area contributed by atoms with E-state index in [9.17, 15) is 13.2 Å². The molecule has 2 heterocycles. The smallest absolute Gasteiger partial charge is 0.290 e. The molecule has 1 aliphatic rings. The molecule has 1 amide bonds. The van der Waals surface area contributed by atoms with Crippen LogP contribution >= 0.6 is 0 Å². The zero-order valence-electron chi connectivity index (χ0n) is 15.2. The number of amides is 1. The van der Waals surface area contributed by atoms with Crippen molar-refractivity contribution < 1.29 is 27.9 Å². The van der Waals surface area contributed by atoms with E-state index < -0.39 is 16.1 Å². The van der Waals surface area contributed by atoms with Crippen LogP contribution in [0.15, 0.2) is 24.3 Å². The number of sulfonamides is 1. The molecule has 0 aliphatic carbocycles. The van der Waals surface area contributed by atoms with Crippen molar-refractivity contribution in [2.24, 2.45) is 0 Å². The van der Waals surface area contributed by atoms with Crippen LogP contribution in [0.2, 0.25) is 0 Å². The topological polar surface area (TPSA) is 159 Å². The van der Waals surface area contributed by atoms with E-state index in [-0.39, 0.29) is 12.4 Å². The number of morpholine rings is 1. The van der Waals surface area contributed by atoms with Gasteiger partial charge in [-0.05, 0) is 24.3 Å². The molecule has 2 N–H and O–H groups in total. The summed E-state index contributed by atoms with van der Waals surface area (Å²) in [6, 6.07) is 6.42. The highest BCUT2D eigenvalue weighted by Gasteiger charge is 2.28. The molecule has 0 radical (unpaired) electrons. The predicted molar refractivity (Wildman–Crippen MR) is 97.2 cm³/mol. The van der Waals surface area contributed by atoms with Gasteiger partial charge >= 0.3 is 0 Å². The summed E-state index contributed by atoms with van der Waals surface area (Å²) in [7, 11) is -1.88. The first-order valence-electron chi connectivity index (χ1n) is 8.04. The van der Waals surface area contributed by atoms with Crippen molar-refractivity contribution in [2.45, 2.75) is 6.10 Å². The Labute approximate surface area is 161 Å². The predicted octanol–water partition coefficient (Wildman–Crippen LogP) is -0.490. The van der Waals surface area contributed by atoms with E-state index in [0.717, 1.165) is 10.6 Å². The lowest BCUT2D eigenvalue weighted by Gasteiger charge is -2.31. The molecule has 28 heavy (non-hydrogen) atoms. The molecule has 2 aromatic rings. The number of rotatable bonds is 4. The van der Waals surface area contributed by atoms with Crippen LogP contribution in [-0.2, 0) is 19.6 Å². The van der Waals surface area contributed by atoms with E-state index >= 15 is 0 Å². The Morgan fingerprint density at radius 2 is 2.04 bits per heavy atom. The van der Waals surface area contributed by atoms with Crippen LogP contribution in [0.4, 0.5) is 5.69 Å². The highest BCUT2D eigenvalue weighted by molar-refractivity contribution is 7.92. The second-order valence-corrected chi connectivity index (χ2v) is 7.78. The van der Waals surface area contributed by atoms with Crippen molar-refractivity contribution in [1.29, 1.82) is 0 Å². The molecular formula is C15H20N6O6S. The van der Waals surface area contributed by atoms with Crippen LogP contribution < -0.4 is 4.31 Å². The third-order valence-electron chi connectivity index (χ3n) is 3.98. The van der Waals surface area contributed by atoms with E-state index in [1.807, 2.05) is 0 Å². The van der Waals surface area contributed by atoms with E-state index in [1.165, 1.54) is 7.05 Å². The number of benzene rings is 1. The summed E-state index contributed by atoms with van der Waals surface area (Å²) in [4.78, 5) is 22.7. The first-order valence-corrected chi connectivity index (χ1v) is 9.88. The maximum absolute atomic E-state index is 12.7. The van der Waals surface area contributed by atoms with Crippen molar-refractivity contribution >= 4 is 28.1 Å².